The molecule has 0 saturated carbocycles. The molecule has 0 radical (unpaired) electrons. The van der Waals surface area contributed by atoms with Crippen molar-refractivity contribution in [3.05, 3.63) is 23.8 Å². The molecule has 0 aliphatic carbocycles. The summed E-state index contributed by atoms with van der Waals surface area (Å²) in [4.78, 5) is 9.19. The number of likely N-dealkylation sites (N-methyl/N-ethyl adjacent to an activating group) is 1. The van der Waals surface area contributed by atoms with E-state index in [0.717, 1.165) is 49.9 Å². The molecule has 1 atom stereocenters. The normalized spacial score (nSPS) is 17.3. The van der Waals surface area contributed by atoms with Gasteiger partial charge in [0.25, 0.3) is 0 Å². The van der Waals surface area contributed by atoms with Gasteiger partial charge < -0.3 is 29.9 Å². The number of ether oxygens (including phenoxy) is 2. The zero-order chi connectivity index (χ0) is 21.2. The second-order valence-corrected chi connectivity index (χ2v) is 7.81. The Kier molecular flexibility index (Phi) is 9.54. The average molecular weight is 406 g/mol. The van der Waals surface area contributed by atoms with Gasteiger partial charge in [0.15, 0.2) is 17.5 Å². The third-order valence-electron chi connectivity index (χ3n) is 5.57. The van der Waals surface area contributed by atoms with Gasteiger partial charge in [-0.3, -0.25) is 4.99 Å². The topological polar surface area (TPSA) is 61.4 Å². The van der Waals surface area contributed by atoms with Crippen molar-refractivity contribution in [2.75, 3.05) is 61.5 Å². The number of nitrogens with zero attached hydrogens (tertiary/aromatic N) is 3. The van der Waals surface area contributed by atoms with E-state index in [1.54, 1.807) is 14.2 Å². The van der Waals surface area contributed by atoms with Crippen molar-refractivity contribution in [2.24, 2.45) is 4.99 Å². The summed E-state index contributed by atoms with van der Waals surface area (Å²) in [5, 5.41) is 7.11. The van der Waals surface area contributed by atoms with Gasteiger partial charge in [0.05, 0.1) is 20.3 Å². The summed E-state index contributed by atoms with van der Waals surface area (Å²) >= 11 is 0. The van der Waals surface area contributed by atoms with Crippen LogP contribution < -0.4 is 20.1 Å². The van der Waals surface area contributed by atoms with E-state index in [2.05, 4.69) is 52.5 Å². The predicted octanol–water partition coefficient (Wildman–Crippen LogP) is 2.35. The fourth-order valence-corrected chi connectivity index (χ4v) is 3.86. The highest BCUT2D eigenvalue weighted by molar-refractivity contribution is 5.80. The second-order valence-electron chi connectivity index (χ2n) is 7.81. The molecular formula is C22H39N5O2. The number of guanidine groups is 1. The standard InChI is InChI=1S/C22H39N5O2/c1-7-12-27-13-10-18(11-14-27)25-22(23-2)24-16-19(26(3)4)17-8-9-20(28-5)21(15-17)29-6/h8-9,15,18-19H,7,10-14,16H2,1-6H3,(H2,23,24,25). The van der Waals surface area contributed by atoms with Gasteiger partial charge in [-0.1, -0.05) is 13.0 Å². The minimum Gasteiger partial charge on any atom is -0.493 e. The van der Waals surface area contributed by atoms with Gasteiger partial charge in [-0.05, 0) is 57.6 Å². The third-order valence-corrected chi connectivity index (χ3v) is 5.57. The number of nitrogens with one attached hydrogen (secondary N) is 2. The average Bonchev–Trinajstić information content (AvgIpc) is 2.74. The monoisotopic (exact) mass is 405 g/mol. The van der Waals surface area contributed by atoms with Gasteiger partial charge in [-0.25, -0.2) is 0 Å². The molecule has 1 saturated heterocycles. The molecule has 0 bridgehead atoms. The molecule has 2 N–H and O–H groups in total. The van der Waals surface area contributed by atoms with Crippen LogP contribution in [-0.2, 0) is 0 Å². The van der Waals surface area contributed by atoms with Crippen molar-refractivity contribution in [3.63, 3.8) is 0 Å². The van der Waals surface area contributed by atoms with Crippen LogP contribution in [0.3, 0.4) is 0 Å². The van der Waals surface area contributed by atoms with Crippen LogP contribution in [0, 0.1) is 0 Å². The quantitative estimate of drug-likeness (QED) is 0.486. The summed E-state index contributed by atoms with van der Waals surface area (Å²) in [6.07, 6.45) is 3.55. The minimum atomic E-state index is 0.180. The van der Waals surface area contributed by atoms with Crippen LogP contribution in [0.4, 0.5) is 0 Å². The van der Waals surface area contributed by atoms with Gasteiger partial charge >= 0.3 is 0 Å². The Morgan fingerprint density at radius 3 is 2.45 bits per heavy atom. The molecule has 1 heterocycles. The summed E-state index contributed by atoms with van der Waals surface area (Å²) in [6.45, 7) is 6.52. The van der Waals surface area contributed by atoms with E-state index in [1.807, 2.05) is 19.2 Å². The van der Waals surface area contributed by atoms with Crippen molar-refractivity contribution < 1.29 is 9.47 Å². The van der Waals surface area contributed by atoms with Crippen molar-refractivity contribution in [1.29, 1.82) is 0 Å². The van der Waals surface area contributed by atoms with Crippen molar-refractivity contribution in [2.45, 2.75) is 38.3 Å². The Hall–Kier alpha value is -1.99. The zero-order valence-electron chi connectivity index (χ0n) is 19.0. The number of rotatable bonds is 9. The fourth-order valence-electron chi connectivity index (χ4n) is 3.86. The van der Waals surface area contributed by atoms with Gasteiger partial charge in [0, 0.05) is 32.7 Å². The summed E-state index contributed by atoms with van der Waals surface area (Å²) in [6, 6.07) is 6.76. The maximum absolute atomic E-state index is 5.48. The van der Waals surface area contributed by atoms with E-state index in [9.17, 15) is 0 Å². The number of benzene rings is 1. The number of likely N-dealkylation sites (tertiary alicyclic amines) is 1. The van der Waals surface area contributed by atoms with Gasteiger partial charge in [0.1, 0.15) is 0 Å². The largest absolute Gasteiger partial charge is 0.493 e. The smallest absolute Gasteiger partial charge is 0.191 e. The Morgan fingerprint density at radius 1 is 1.21 bits per heavy atom. The summed E-state index contributed by atoms with van der Waals surface area (Å²) in [7, 11) is 9.33. The molecule has 1 unspecified atom stereocenters. The van der Waals surface area contributed by atoms with E-state index >= 15 is 0 Å². The first kappa shape index (κ1) is 23.3. The lowest BCUT2D eigenvalue weighted by Gasteiger charge is -2.33. The maximum atomic E-state index is 5.48. The molecular weight excluding hydrogens is 366 g/mol. The molecule has 2 rings (SSSR count). The van der Waals surface area contributed by atoms with Crippen LogP contribution in [-0.4, -0.2) is 83.3 Å². The Labute approximate surface area is 176 Å². The first-order valence-corrected chi connectivity index (χ1v) is 10.6. The molecule has 1 aliphatic rings. The van der Waals surface area contributed by atoms with Crippen LogP contribution >= 0.6 is 0 Å². The summed E-state index contributed by atoms with van der Waals surface area (Å²) < 4.78 is 10.8. The highest BCUT2D eigenvalue weighted by Crippen LogP contribution is 2.31. The van der Waals surface area contributed by atoms with Crippen LogP contribution in [0.2, 0.25) is 0 Å². The molecule has 164 valence electrons. The van der Waals surface area contributed by atoms with Gasteiger partial charge in [-0.2, -0.15) is 0 Å². The third kappa shape index (κ3) is 6.78. The fraction of sp³-hybridized carbons (Fsp3) is 0.682. The predicted molar refractivity (Wildman–Crippen MR) is 120 cm³/mol. The van der Waals surface area contributed by atoms with E-state index < -0.39 is 0 Å². The minimum absolute atomic E-state index is 0.180. The van der Waals surface area contributed by atoms with Crippen molar-refractivity contribution in [1.82, 2.24) is 20.4 Å². The van der Waals surface area contributed by atoms with Crippen molar-refractivity contribution >= 4 is 5.96 Å². The lowest BCUT2D eigenvalue weighted by Crippen LogP contribution is -2.49. The molecule has 0 amide bonds. The van der Waals surface area contributed by atoms with E-state index in [4.69, 9.17) is 9.47 Å². The van der Waals surface area contributed by atoms with E-state index in [-0.39, 0.29) is 6.04 Å². The van der Waals surface area contributed by atoms with Crippen LogP contribution in [0.5, 0.6) is 11.5 Å². The molecule has 29 heavy (non-hydrogen) atoms. The molecule has 1 fully saturated rings. The Balaban J connectivity index is 1.95. The van der Waals surface area contributed by atoms with Crippen molar-refractivity contribution in [3.8, 4) is 11.5 Å². The molecule has 1 aromatic carbocycles. The Bertz CT molecular complexity index is 642. The number of hydrogen-bond acceptors (Lipinski definition) is 5. The first-order valence-electron chi connectivity index (χ1n) is 10.6. The van der Waals surface area contributed by atoms with Crippen LogP contribution in [0.1, 0.15) is 37.8 Å². The lowest BCUT2D eigenvalue weighted by atomic mass is 10.0. The van der Waals surface area contributed by atoms with E-state index in [1.165, 1.54) is 18.5 Å². The summed E-state index contributed by atoms with van der Waals surface area (Å²) in [5.41, 5.74) is 1.17. The highest BCUT2D eigenvalue weighted by atomic mass is 16.5. The molecule has 7 nitrogen and oxygen atoms in total. The Morgan fingerprint density at radius 2 is 1.90 bits per heavy atom. The lowest BCUT2D eigenvalue weighted by molar-refractivity contribution is 0.206. The molecule has 0 spiro atoms. The molecule has 7 heteroatoms. The van der Waals surface area contributed by atoms with Gasteiger partial charge in [-0.15, -0.1) is 0 Å². The molecule has 0 aromatic heterocycles. The van der Waals surface area contributed by atoms with Crippen LogP contribution in [0.15, 0.2) is 23.2 Å². The molecule has 1 aromatic rings. The first-order chi connectivity index (χ1) is 14.0. The maximum Gasteiger partial charge on any atom is 0.191 e. The number of piperidine rings is 1. The number of methoxy groups -OCH3 is 2. The van der Waals surface area contributed by atoms with Gasteiger partial charge in [0.2, 0.25) is 0 Å². The second kappa shape index (κ2) is 11.9. The summed E-state index contributed by atoms with van der Waals surface area (Å²) in [5.74, 6) is 2.36. The number of hydrogen-bond donors (Lipinski definition) is 2. The molecule has 1 aliphatic heterocycles. The van der Waals surface area contributed by atoms with Crippen LogP contribution in [0.25, 0.3) is 0 Å². The van der Waals surface area contributed by atoms with E-state index in [0.29, 0.717) is 6.04 Å². The number of aliphatic imine (C=N–C) groups is 1. The highest BCUT2D eigenvalue weighted by Gasteiger charge is 2.21. The SMILES string of the molecule is CCCN1CCC(NC(=NC)NCC(c2ccc(OC)c(OC)c2)N(C)C)CC1. The zero-order valence-corrected chi connectivity index (χ0v) is 19.0.